The number of anilines is 1. The van der Waals surface area contributed by atoms with E-state index in [0.717, 1.165) is 0 Å². The van der Waals surface area contributed by atoms with Crippen molar-refractivity contribution < 1.29 is 44.9 Å². The Balaban J connectivity index is 2.04. The standard InChI is InChI=1S/C16H19N3O10S3/c1-26-16-10-13(17-11-32(23,24)25)4-7-15(16)19-18-12-2-5-14(6-3-12)31(21,22)9-8-27-30-29-28-20/h2-7,10,17,20H,8-9,11H2,1H3,(H,23,24,25). The Labute approximate surface area is 188 Å². The van der Waals surface area contributed by atoms with Crippen molar-refractivity contribution in [1.82, 2.24) is 0 Å². The molecule has 3 N–H and O–H groups in total. The van der Waals surface area contributed by atoms with E-state index in [-0.39, 0.29) is 29.6 Å². The van der Waals surface area contributed by atoms with Crippen LogP contribution in [0.15, 0.2) is 57.6 Å². The van der Waals surface area contributed by atoms with Gasteiger partial charge in [0.2, 0.25) is 0 Å². The highest BCUT2D eigenvalue weighted by Gasteiger charge is 2.14. The number of rotatable bonds is 13. The summed E-state index contributed by atoms with van der Waals surface area (Å²) in [6.45, 7) is -0.202. The van der Waals surface area contributed by atoms with Crippen LogP contribution in [0.1, 0.15) is 0 Å². The van der Waals surface area contributed by atoms with Gasteiger partial charge in [-0.3, -0.25) is 8.74 Å². The van der Waals surface area contributed by atoms with Crippen LogP contribution in [0, 0.1) is 0 Å². The molecule has 0 atom stereocenters. The number of azo groups is 1. The first kappa shape index (κ1) is 25.9. The number of nitrogens with one attached hydrogen (secondary N) is 1. The minimum Gasteiger partial charge on any atom is -0.494 e. The first-order valence-electron chi connectivity index (χ1n) is 8.52. The van der Waals surface area contributed by atoms with Crippen LogP contribution < -0.4 is 10.1 Å². The fraction of sp³-hybridized carbons (Fsp3) is 0.250. The van der Waals surface area contributed by atoms with Gasteiger partial charge in [0.05, 0.1) is 30.1 Å². The molecule has 16 heteroatoms. The molecule has 0 heterocycles. The smallest absolute Gasteiger partial charge is 0.283 e. The van der Waals surface area contributed by atoms with Gasteiger partial charge in [-0.2, -0.15) is 13.5 Å². The molecule has 0 spiro atoms. The van der Waals surface area contributed by atoms with Crippen molar-refractivity contribution in [3.63, 3.8) is 0 Å². The van der Waals surface area contributed by atoms with Crippen LogP contribution >= 0.6 is 12.3 Å². The van der Waals surface area contributed by atoms with Crippen molar-refractivity contribution in [2.24, 2.45) is 10.2 Å². The van der Waals surface area contributed by atoms with Crippen LogP contribution in [0.2, 0.25) is 0 Å². The lowest BCUT2D eigenvalue weighted by molar-refractivity contribution is -0.434. The van der Waals surface area contributed by atoms with Crippen molar-refractivity contribution >= 4 is 49.3 Å². The van der Waals surface area contributed by atoms with Crippen molar-refractivity contribution in [2.75, 3.05) is 30.7 Å². The van der Waals surface area contributed by atoms with E-state index in [1.807, 2.05) is 0 Å². The van der Waals surface area contributed by atoms with Crippen molar-refractivity contribution in [1.29, 1.82) is 0 Å². The minimum absolute atomic E-state index is 0.0521. The van der Waals surface area contributed by atoms with Gasteiger partial charge in [-0.05, 0) is 36.4 Å². The SMILES string of the molecule is COc1cc(NCS(=O)(=O)O)ccc1N=Nc1ccc(S(=O)(=O)CCOSOOO)cc1. The first-order chi connectivity index (χ1) is 15.1. The Morgan fingerprint density at radius 2 is 1.78 bits per heavy atom. The van der Waals surface area contributed by atoms with Gasteiger partial charge in [-0.1, -0.05) is 5.04 Å². The molecule has 0 unspecified atom stereocenters. The molecule has 2 aromatic carbocycles. The average molecular weight is 510 g/mol. The van der Waals surface area contributed by atoms with E-state index in [0.29, 0.717) is 22.8 Å². The molecule has 0 aliphatic heterocycles. The highest BCUT2D eigenvalue weighted by Crippen LogP contribution is 2.32. The summed E-state index contributed by atoms with van der Waals surface area (Å²) >= 11 is 0.287. The predicted octanol–water partition coefficient (Wildman–Crippen LogP) is 3.14. The number of sulfone groups is 1. The summed E-state index contributed by atoms with van der Waals surface area (Å²) in [6.07, 6.45) is 0. The van der Waals surface area contributed by atoms with Crippen molar-refractivity contribution in [3.8, 4) is 5.75 Å². The second-order valence-electron chi connectivity index (χ2n) is 5.84. The number of benzene rings is 2. The second-order valence-corrected chi connectivity index (χ2v) is 9.90. The summed E-state index contributed by atoms with van der Waals surface area (Å²) < 4.78 is 68.9. The molecular formula is C16H19N3O10S3. The Hall–Kier alpha value is -2.31. The van der Waals surface area contributed by atoms with E-state index < -0.39 is 25.8 Å². The maximum Gasteiger partial charge on any atom is 0.283 e. The van der Waals surface area contributed by atoms with Crippen molar-refractivity contribution in [3.05, 3.63) is 42.5 Å². The molecule has 0 aliphatic rings. The van der Waals surface area contributed by atoms with E-state index in [1.165, 1.54) is 49.6 Å². The van der Waals surface area contributed by atoms with Gasteiger partial charge in [0, 0.05) is 11.8 Å². The van der Waals surface area contributed by atoms with E-state index in [9.17, 15) is 16.8 Å². The lowest BCUT2D eigenvalue weighted by Crippen LogP contribution is -2.12. The number of hydrogen-bond donors (Lipinski definition) is 3. The monoisotopic (exact) mass is 509 g/mol. The van der Waals surface area contributed by atoms with Crippen LogP contribution in [0.5, 0.6) is 5.75 Å². The molecule has 0 aromatic heterocycles. The van der Waals surface area contributed by atoms with Crippen LogP contribution in [-0.2, 0) is 33.5 Å². The maximum atomic E-state index is 12.2. The number of hydrogen-bond acceptors (Lipinski definition) is 13. The van der Waals surface area contributed by atoms with Crippen molar-refractivity contribution in [2.45, 2.75) is 4.90 Å². The molecule has 0 saturated heterocycles. The van der Waals surface area contributed by atoms with Crippen LogP contribution in [0.3, 0.4) is 0 Å². The number of methoxy groups -OCH3 is 1. The Morgan fingerprint density at radius 3 is 2.41 bits per heavy atom. The average Bonchev–Trinajstić information content (AvgIpc) is 2.76. The van der Waals surface area contributed by atoms with E-state index in [4.69, 9.17) is 18.7 Å². The Kier molecular flexibility index (Phi) is 9.79. The zero-order chi connectivity index (χ0) is 23.6. The lowest BCUT2D eigenvalue weighted by Gasteiger charge is -2.08. The maximum absolute atomic E-state index is 12.2. The highest BCUT2D eigenvalue weighted by molar-refractivity contribution is 7.91. The summed E-state index contributed by atoms with van der Waals surface area (Å²) in [5.74, 6) is -0.700. The third-order valence-corrected chi connectivity index (χ3v) is 6.23. The van der Waals surface area contributed by atoms with Gasteiger partial charge < -0.3 is 10.1 Å². The summed E-state index contributed by atoms with van der Waals surface area (Å²) in [4.78, 5) is 0.0521. The second kappa shape index (κ2) is 12.1. The Morgan fingerprint density at radius 1 is 1.06 bits per heavy atom. The first-order valence-corrected chi connectivity index (χ1v) is 12.5. The van der Waals surface area contributed by atoms with Gasteiger partial charge in [-0.15, -0.1) is 9.45 Å². The van der Waals surface area contributed by atoms with Crippen LogP contribution in [0.25, 0.3) is 0 Å². The topological polar surface area (TPSA) is 182 Å². The van der Waals surface area contributed by atoms with Crippen LogP contribution in [0.4, 0.5) is 17.1 Å². The molecule has 13 nitrogen and oxygen atoms in total. The molecule has 0 bridgehead atoms. The fourth-order valence-electron chi connectivity index (χ4n) is 2.20. The number of nitrogens with zero attached hydrogens (tertiary/aromatic N) is 2. The molecule has 0 saturated carbocycles. The highest BCUT2D eigenvalue weighted by atomic mass is 32.2. The lowest BCUT2D eigenvalue weighted by atomic mass is 10.2. The molecule has 2 rings (SSSR count). The molecule has 0 radical (unpaired) electrons. The van der Waals surface area contributed by atoms with Gasteiger partial charge in [-0.25, -0.2) is 13.7 Å². The summed E-state index contributed by atoms with van der Waals surface area (Å²) in [7, 11) is -6.41. The molecule has 0 aliphatic carbocycles. The van der Waals surface area contributed by atoms with E-state index in [1.54, 1.807) is 0 Å². The number of ether oxygens (including phenoxy) is 1. The largest absolute Gasteiger partial charge is 0.494 e. The predicted molar refractivity (Wildman–Crippen MR) is 114 cm³/mol. The summed E-state index contributed by atoms with van der Waals surface area (Å²) in [6, 6.07) is 10.2. The van der Waals surface area contributed by atoms with Crippen LogP contribution in [-0.4, -0.2) is 52.0 Å². The summed E-state index contributed by atoms with van der Waals surface area (Å²) in [5.41, 5.74) is 1.09. The molecule has 0 amide bonds. The fourth-order valence-corrected chi connectivity index (χ4v) is 3.96. The molecule has 176 valence electrons. The molecule has 2 aromatic rings. The summed E-state index contributed by atoms with van der Waals surface area (Å²) in [5, 5.41) is 21.8. The van der Waals surface area contributed by atoms with Gasteiger partial charge in [0.25, 0.3) is 10.1 Å². The minimum atomic E-state index is -4.19. The zero-order valence-corrected chi connectivity index (χ0v) is 18.9. The van der Waals surface area contributed by atoms with E-state index >= 15 is 0 Å². The van der Waals surface area contributed by atoms with Gasteiger partial charge in [0.15, 0.2) is 22.2 Å². The quantitative estimate of drug-likeness (QED) is 0.0896. The van der Waals surface area contributed by atoms with E-state index in [2.05, 4.69) is 24.9 Å². The molecule has 0 fully saturated rings. The third-order valence-electron chi connectivity index (χ3n) is 3.65. The van der Waals surface area contributed by atoms with Gasteiger partial charge in [0.1, 0.15) is 17.3 Å². The Bertz CT molecular complexity index is 1120. The third kappa shape index (κ3) is 8.67. The normalized spacial score (nSPS) is 12.2. The zero-order valence-electron chi connectivity index (χ0n) is 16.4. The molecule has 32 heavy (non-hydrogen) atoms. The molecular weight excluding hydrogens is 490 g/mol. The van der Waals surface area contributed by atoms with Gasteiger partial charge >= 0.3 is 0 Å².